The third kappa shape index (κ3) is 4.12. The van der Waals surface area contributed by atoms with E-state index in [1.54, 1.807) is 17.0 Å². The fourth-order valence-corrected chi connectivity index (χ4v) is 4.29. The van der Waals surface area contributed by atoms with Gasteiger partial charge in [0.15, 0.2) is 0 Å². The number of benzene rings is 2. The molecule has 0 saturated carbocycles. The number of halogens is 1. The number of ether oxygens (including phenoxy) is 1. The van der Waals surface area contributed by atoms with E-state index in [0.717, 1.165) is 16.4 Å². The van der Waals surface area contributed by atoms with Crippen molar-refractivity contribution in [2.45, 2.75) is 17.7 Å². The zero-order valence-electron chi connectivity index (χ0n) is 14.2. The zero-order valence-corrected chi connectivity index (χ0v) is 17.2. The van der Waals surface area contributed by atoms with Crippen LogP contribution in [0.1, 0.15) is 23.2 Å². The summed E-state index contributed by atoms with van der Waals surface area (Å²) in [5.41, 5.74) is 0.730. The van der Waals surface area contributed by atoms with E-state index >= 15 is 0 Å². The molecule has 1 amide bonds. The number of anilines is 1. The minimum Gasteiger partial charge on any atom is -0.496 e. The van der Waals surface area contributed by atoms with E-state index in [4.69, 9.17) is 4.74 Å². The molecule has 0 unspecified atom stereocenters. The largest absolute Gasteiger partial charge is 0.496 e. The molecular formula is C18H19IN2O4S. The van der Waals surface area contributed by atoms with Crippen LogP contribution in [-0.2, 0) is 10.0 Å². The Morgan fingerprint density at radius 1 is 1.12 bits per heavy atom. The maximum atomic E-state index is 12.7. The summed E-state index contributed by atoms with van der Waals surface area (Å²) in [5, 5.41) is 0. The molecule has 2 aromatic rings. The van der Waals surface area contributed by atoms with Crippen LogP contribution >= 0.6 is 22.6 Å². The molecule has 1 fully saturated rings. The Morgan fingerprint density at radius 2 is 1.77 bits per heavy atom. The second-order valence-electron chi connectivity index (χ2n) is 5.97. The van der Waals surface area contributed by atoms with Crippen LogP contribution in [0.15, 0.2) is 47.4 Å². The predicted molar refractivity (Wildman–Crippen MR) is 108 cm³/mol. The summed E-state index contributed by atoms with van der Waals surface area (Å²) in [6, 6.07) is 11.4. The van der Waals surface area contributed by atoms with Crippen molar-refractivity contribution in [3.63, 3.8) is 0 Å². The van der Waals surface area contributed by atoms with Crippen molar-refractivity contribution in [2.24, 2.45) is 0 Å². The lowest BCUT2D eigenvalue weighted by atomic mass is 10.1. The SMILES string of the molecule is COc1ccc(S(=O)(=O)Nc2ccc(I)cc2)cc1C(=O)N1CCCC1. The summed E-state index contributed by atoms with van der Waals surface area (Å²) in [6.45, 7) is 1.36. The minimum atomic E-state index is -3.81. The van der Waals surface area contributed by atoms with Crippen LogP contribution in [-0.4, -0.2) is 39.4 Å². The average molecular weight is 486 g/mol. The van der Waals surface area contributed by atoms with E-state index in [0.29, 0.717) is 24.5 Å². The summed E-state index contributed by atoms with van der Waals surface area (Å²) < 4.78 is 34.2. The van der Waals surface area contributed by atoms with Crippen LogP contribution < -0.4 is 9.46 Å². The number of nitrogens with one attached hydrogen (secondary N) is 1. The number of amides is 1. The summed E-state index contributed by atoms with van der Waals surface area (Å²) in [6.07, 6.45) is 1.92. The van der Waals surface area contributed by atoms with Crippen molar-refractivity contribution in [2.75, 3.05) is 24.9 Å². The molecule has 0 bridgehead atoms. The fourth-order valence-electron chi connectivity index (χ4n) is 2.84. The molecule has 1 aliphatic heterocycles. The highest BCUT2D eigenvalue weighted by Gasteiger charge is 2.25. The number of sulfonamides is 1. The van der Waals surface area contributed by atoms with Crippen molar-refractivity contribution >= 4 is 44.2 Å². The van der Waals surface area contributed by atoms with Gasteiger partial charge in [0.1, 0.15) is 5.75 Å². The predicted octanol–water partition coefficient (Wildman–Crippen LogP) is 3.34. The van der Waals surface area contributed by atoms with E-state index in [2.05, 4.69) is 27.3 Å². The monoisotopic (exact) mass is 486 g/mol. The van der Waals surface area contributed by atoms with Gasteiger partial charge in [0, 0.05) is 22.3 Å². The second kappa shape index (κ2) is 7.83. The fraction of sp³-hybridized carbons (Fsp3) is 0.278. The summed E-state index contributed by atoms with van der Waals surface area (Å²) in [7, 11) is -2.34. The summed E-state index contributed by atoms with van der Waals surface area (Å²) in [5.74, 6) is 0.167. The first-order valence-corrected chi connectivity index (χ1v) is 10.7. The van der Waals surface area contributed by atoms with E-state index in [-0.39, 0.29) is 16.4 Å². The van der Waals surface area contributed by atoms with Crippen molar-refractivity contribution in [3.8, 4) is 5.75 Å². The molecule has 1 heterocycles. The molecule has 0 spiro atoms. The first-order chi connectivity index (χ1) is 12.4. The molecule has 1 N–H and O–H groups in total. The first kappa shape index (κ1) is 19.0. The number of nitrogens with zero attached hydrogens (tertiary/aromatic N) is 1. The lowest BCUT2D eigenvalue weighted by molar-refractivity contribution is 0.0789. The van der Waals surface area contributed by atoms with Gasteiger partial charge < -0.3 is 9.64 Å². The van der Waals surface area contributed by atoms with E-state index in [1.165, 1.54) is 25.3 Å². The maximum absolute atomic E-state index is 12.7. The Kier molecular flexibility index (Phi) is 5.71. The zero-order chi connectivity index (χ0) is 18.7. The van der Waals surface area contributed by atoms with Gasteiger partial charge in [-0.1, -0.05) is 0 Å². The first-order valence-electron chi connectivity index (χ1n) is 8.16. The Morgan fingerprint density at radius 3 is 2.38 bits per heavy atom. The van der Waals surface area contributed by atoms with Gasteiger partial charge in [0.05, 0.1) is 17.6 Å². The smallest absolute Gasteiger partial charge is 0.261 e. The van der Waals surface area contributed by atoms with Crippen molar-refractivity contribution in [1.82, 2.24) is 4.90 Å². The van der Waals surface area contributed by atoms with Crippen LogP contribution in [0.25, 0.3) is 0 Å². The van der Waals surface area contributed by atoms with Gasteiger partial charge in [-0.2, -0.15) is 0 Å². The third-order valence-electron chi connectivity index (χ3n) is 4.20. The number of rotatable bonds is 5. The number of hydrogen-bond acceptors (Lipinski definition) is 4. The van der Waals surface area contributed by atoms with Crippen LogP contribution in [0.2, 0.25) is 0 Å². The maximum Gasteiger partial charge on any atom is 0.261 e. The second-order valence-corrected chi connectivity index (χ2v) is 8.90. The van der Waals surface area contributed by atoms with E-state index in [9.17, 15) is 13.2 Å². The molecule has 138 valence electrons. The molecule has 6 nitrogen and oxygen atoms in total. The van der Waals surface area contributed by atoms with Crippen molar-refractivity contribution in [1.29, 1.82) is 0 Å². The molecule has 0 aliphatic carbocycles. The lowest BCUT2D eigenvalue weighted by Gasteiger charge is -2.18. The molecule has 0 atom stereocenters. The number of methoxy groups -OCH3 is 1. The quantitative estimate of drug-likeness (QED) is 0.659. The molecule has 8 heteroatoms. The van der Waals surface area contributed by atoms with Gasteiger partial charge in [-0.05, 0) is 77.9 Å². The highest BCUT2D eigenvalue weighted by atomic mass is 127. The average Bonchev–Trinajstić information content (AvgIpc) is 3.17. The number of hydrogen-bond donors (Lipinski definition) is 1. The van der Waals surface area contributed by atoms with Gasteiger partial charge in [0.25, 0.3) is 15.9 Å². The standard InChI is InChI=1S/C18H19IN2O4S/c1-25-17-9-8-15(12-16(17)18(22)21-10-2-3-11-21)26(23,24)20-14-6-4-13(19)5-7-14/h4-9,12,20H,2-3,10-11H2,1H3. The molecule has 26 heavy (non-hydrogen) atoms. The molecule has 2 aromatic carbocycles. The molecule has 3 rings (SSSR count). The summed E-state index contributed by atoms with van der Waals surface area (Å²) >= 11 is 2.15. The third-order valence-corrected chi connectivity index (χ3v) is 6.30. The van der Waals surface area contributed by atoms with Gasteiger partial charge in [-0.15, -0.1) is 0 Å². The molecule has 0 aromatic heterocycles. The summed E-state index contributed by atoms with van der Waals surface area (Å²) in [4.78, 5) is 14.5. The Balaban J connectivity index is 1.92. The van der Waals surface area contributed by atoms with Gasteiger partial charge >= 0.3 is 0 Å². The van der Waals surface area contributed by atoms with E-state index < -0.39 is 10.0 Å². The molecule has 0 radical (unpaired) electrons. The Hall–Kier alpha value is -1.81. The molecule has 1 aliphatic rings. The van der Waals surface area contributed by atoms with Crippen molar-refractivity contribution in [3.05, 3.63) is 51.6 Å². The lowest BCUT2D eigenvalue weighted by Crippen LogP contribution is -2.28. The van der Waals surface area contributed by atoms with Crippen LogP contribution in [0.4, 0.5) is 5.69 Å². The number of carbonyl (C=O) groups is 1. The highest BCUT2D eigenvalue weighted by Crippen LogP contribution is 2.26. The van der Waals surface area contributed by atoms with Crippen LogP contribution in [0.5, 0.6) is 5.75 Å². The normalized spacial score (nSPS) is 14.3. The Bertz CT molecular complexity index is 907. The van der Waals surface area contributed by atoms with E-state index in [1.807, 2.05) is 12.1 Å². The Labute approximate surface area is 166 Å². The van der Waals surface area contributed by atoms with Gasteiger partial charge in [-0.3, -0.25) is 9.52 Å². The number of likely N-dealkylation sites (tertiary alicyclic amines) is 1. The minimum absolute atomic E-state index is 0.0272. The topological polar surface area (TPSA) is 75.7 Å². The molecule has 1 saturated heterocycles. The highest BCUT2D eigenvalue weighted by molar-refractivity contribution is 14.1. The van der Waals surface area contributed by atoms with Crippen LogP contribution in [0.3, 0.4) is 0 Å². The van der Waals surface area contributed by atoms with Gasteiger partial charge in [-0.25, -0.2) is 8.42 Å². The van der Waals surface area contributed by atoms with Gasteiger partial charge in [0.2, 0.25) is 0 Å². The van der Waals surface area contributed by atoms with Crippen molar-refractivity contribution < 1.29 is 17.9 Å². The van der Waals surface area contributed by atoms with Crippen LogP contribution in [0, 0.1) is 3.57 Å². The molecular weight excluding hydrogens is 467 g/mol. The number of carbonyl (C=O) groups excluding carboxylic acids is 1.